The molecular formula is C16H17BrN4OS. The Hall–Kier alpha value is -1.73. The lowest BCUT2D eigenvalue weighted by molar-refractivity contribution is 0.102. The minimum atomic E-state index is -0.218. The van der Waals surface area contributed by atoms with Gasteiger partial charge in [0.2, 0.25) is 5.13 Å². The molecule has 0 bridgehead atoms. The largest absolute Gasteiger partial charge is 0.350 e. The number of nitrogens with zero attached hydrogens (tertiary/aromatic N) is 2. The van der Waals surface area contributed by atoms with Crippen LogP contribution in [0.2, 0.25) is 0 Å². The van der Waals surface area contributed by atoms with Gasteiger partial charge in [-0.1, -0.05) is 49.3 Å². The van der Waals surface area contributed by atoms with Gasteiger partial charge in [0.25, 0.3) is 5.91 Å². The van der Waals surface area contributed by atoms with Crippen LogP contribution in [-0.4, -0.2) is 21.1 Å². The topological polar surface area (TPSA) is 70.7 Å². The number of para-hydroxylation sites is 1. The third-order valence-electron chi connectivity index (χ3n) is 3.55. The van der Waals surface area contributed by atoms with Gasteiger partial charge < -0.3 is 4.98 Å². The molecule has 0 aliphatic heterocycles. The molecule has 2 aromatic heterocycles. The molecule has 3 aromatic rings. The molecule has 0 radical (unpaired) electrons. The van der Waals surface area contributed by atoms with E-state index >= 15 is 0 Å². The molecule has 3 rings (SSSR count). The number of carbonyl (C=O) groups is 1. The van der Waals surface area contributed by atoms with E-state index in [0.717, 1.165) is 33.2 Å². The van der Waals surface area contributed by atoms with Gasteiger partial charge in [-0.25, -0.2) is 0 Å². The zero-order valence-corrected chi connectivity index (χ0v) is 15.1. The summed E-state index contributed by atoms with van der Waals surface area (Å²) in [5.74, 6) is -0.218. The minimum Gasteiger partial charge on any atom is -0.350 e. The van der Waals surface area contributed by atoms with Gasteiger partial charge in [0.05, 0.1) is 4.47 Å². The van der Waals surface area contributed by atoms with Crippen LogP contribution < -0.4 is 5.32 Å². The van der Waals surface area contributed by atoms with Crippen molar-refractivity contribution in [3.05, 3.63) is 39.4 Å². The highest BCUT2D eigenvalue weighted by molar-refractivity contribution is 9.10. The highest BCUT2D eigenvalue weighted by Gasteiger charge is 2.17. The summed E-state index contributed by atoms with van der Waals surface area (Å²) in [6.45, 7) is 2.17. The van der Waals surface area contributed by atoms with Crippen LogP contribution >= 0.6 is 27.3 Å². The fourth-order valence-corrected chi connectivity index (χ4v) is 3.76. The molecule has 0 unspecified atom stereocenters. The standard InChI is InChI=1S/C16H17BrN4OS/c1-2-3-4-9-12-20-21-16(23-12)19-15(22)14-13(17)10-7-5-6-8-11(10)18-14/h5-8,18H,2-4,9H2,1H3,(H,19,21,22). The van der Waals surface area contributed by atoms with Gasteiger partial charge in [-0.2, -0.15) is 0 Å². The van der Waals surface area contributed by atoms with E-state index in [1.165, 1.54) is 24.2 Å². The Labute approximate surface area is 146 Å². The Morgan fingerprint density at radius 2 is 2.13 bits per heavy atom. The predicted octanol–water partition coefficient (Wildman–Crippen LogP) is 4.77. The van der Waals surface area contributed by atoms with Crippen LogP contribution in [0, 0.1) is 0 Å². The zero-order valence-electron chi connectivity index (χ0n) is 12.7. The number of hydrogen-bond acceptors (Lipinski definition) is 4. The molecule has 7 heteroatoms. The molecule has 2 N–H and O–H groups in total. The van der Waals surface area contributed by atoms with Crippen molar-refractivity contribution in [2.75, 3.05) is 5.32 Å². The number of aromatic nitrogens is 3. The fraction of sp³-hybridized carbons (Fsp3) is 0.312. The van der Waals surface area contributed by atoms with Crippen LogP contribution in [-0.2, 0) is 6.42 Å². The molecule has 2 heterocycles. The van der Waals surface area contributed by atoms with Gasteiger partial charge in [0, 0.05) is 17.3 Å². The molecule has 0 saturated heterocycles. The molecule has 0 saturated carbocycles. The maximum Gasteiger partial charge on any atom is 0.275 e. The van der Waals surface area contributed by atoms with E-state index < -0.39 is 0 Å². The second-order valence-electron chi connectivity index (χ2n) is 5.27. The van der Waals surface area contributed by atoms with Gasteiger partial charge in [-0.05, 0) is 28.4 Å². The van der Waals surface area contributed by atoms with Crippen molar-refractivity contribution in [3.63, 3.8) is 0 Å². The summed E-state index contributed by atoms with van der Waals surface area (Å²) in [6, 6.07) is 7.77. The Morgan fingerprint density at radius 1 is 1.30 bits per heavy atom. The quantitative estimate of drug-likeness (QED) is 0.593. The summed E-state index contributed by atoms with van der Waals surface area (Å²) in [4.78, 5) is 15.6. The lowest BCUT2D eigenvalue weighted by Gasteiger charge is -1.99. The number of H-pyrrole nitrogens is 1. The molecule has 5 nitrogen and oxygen atoms in total. The molecule has 23 heavy (non-hydrogen) atoms. The minimum absolute atomic E-state index is 0.218. The molecule has 0 aliphatic rings. The molecule has 0 aliphatic carbocycles. The Morgan fingerprint density at radius 3 is 2.91 bits per heavy atom. The highest BCUT2D eigenvalue weighted by atomic mass is 79.9. The number of aromatic amines is 1. The summed E-state index contributed by atoms with van der Waals surface area (Å²) in [5.41, 5.74) is 1.41. The summed E-state index contributed by atoms with van der Waals surface area (Å²) >= 11 is 4.92. The maximum atomic E-state index is 12.4. The summed E-state index contributed by atoms with van der Waals surface area (Å²) in [7, 11) is 0. The number of amides is 1. The predicted molar refractivity (Wildman–Crippen MR) is 97.1 cm³/mol. The van der Waals surface area contributed by atoms with Crippen molar-refractivity contribution in [2.45, 2.75) is 32.6 Å². The number of rotatable bonds is 6. The van der Waals surface area contributed by atoms with Crippen LogP contribution in [0.25, 0.3) is 10.9 Å². The number of fused-ring (bicyclic) bond motifs is 1. The van der Waals surface area contributed by atoms with Gasteiger partial charge >= 0.3 is 0 Å². The fourth-order valence-electron chi connectivity index (χ4n) is 2.36. The molecule has 0 spiro atoms. The van der Waals surface area contributed by atoms with Crippen molar-refractivity contribution in [1.29, 1.82) is 0 Å². The van der Waals surface area contributed by atoms with E-state index in [4.69, 9.17) is 0 Å². The SMILES string of the molecule is CCCCCc1nnc(NC(=O)c2[nH]c3ccccc3c2Br)s1. The molecule has 0 fully saturated rings. The number of nitrogens with one attached hydrogen (secondary N) is 2. The number of unbranched alkanes of at least 4 members (excludes halogenated alkanes) is 2. The van der Waals surface area contributed by atoms with E-state index in [1.807, 2.05) is 24.3 Å². The number of halogens is 1. The van der Waals surface area contributed by atoms with Crippen molar-refractivity contribution in [3.8, 4) is 0 Å². The highest BCUT2D eigenvalue weighted by Crippen LogP contribution is 2.28. The molecule has 1 amide bonds. The van der Waals surface area contributed by atoms with Crippen LogP contribution in [0.1, 0.15) is 41.7 Å². The number of hydrogen-bond donors (Lipinski definition) is 2. The Kier molecular flexibility index (Phi) is 5.07. The number of anilines is 1. The van der Waals surface area contributed by atoms with Gasteiger partial charge in [-0.3, -0.25) is 10.1 Å². The van der Waals surface area contributed by atoms with E-state index in [9.17, 15) is 4.79 Å². The summed E-state index contributed by atoms with van der Waals surface area (Å²) < 4.78 is 0.762. The van der Waals surface area contributed by atoms with E-state index in [1.54, 1.807) is 0 Å². The smallest absolute Gasteiger partial charge is 0.275 e. The van der Waals surface area contributed by atoms with Crippen molar-refractivity contribution in [2.24, 2.45) is 0 Å². The monoisotopic (exact) mass is 392 g/mol. The zero-order chi connectivity index (χ0) is 16.2. The van der Waals surface area contributed by atoms with Crippen LogP contribution in [0.15, 0.2) is 28.7 Å². The van der Waals surface area contributed by atoms with E-state index in [-0.39, 0.29) is 5.91 Å². The van der Waals surface area contributed by atoms with Gasteiger partial charge in [0.1, 0.15) is 10.7 Å². The average Bonchev–Trinajstić information content (AvgIpc) is 3.13. The van der Waals surface area contributed by atoms with Crippen LogP contribution in [0.5, 0.6) is 0 Å². The van der Waals surface area contributed by atoms with Crippen molar-refractivity contribution in [1.82, 2.24) is 15.2 Å². The number of aryl methyl sites for hydroxylation is 1. The van der Waals surface area contributed by atoms with Crippen molar-refractivity contribution >= 4 is 49.2 Å². The summed E-state index contributed by atoms with van der Waals surface area (Å²) in [6.07, 6.45) is 4.38. The van der Waals surface area contributed by atoms with Crippen LogP contribution in [0.4, 0.5) is 5.13 Å². The maximum absolute atomic E-state index is 12.4. The number of benzene rings is 1. The first-order valence-electron chi connectivity index (χ1n) is 7.59. The molecule has 0 atom stereocenters. The Bertz CT molecular complexity index is 826. The molecule has 1 aromatic carbocycles. The first kappa shape index (κ1) is 16.1. The first-order chi connectivity index (χ1) is 11.2. The van der Waals surface area contributed by atoms with Crippen LogP contribution in [0.3, 0.4) is 0 Å². The third-order valence-corrected chi connectivity index (χ3v) is 5.27. The molecule has 120 valence electrons. The summed E-state index contributed by atoms with van der Waals surface area (Å²) in [5, 5.41) is 13.5. The first-order valence-corrected chi connectivity index (χ1v) is 9.20. The molecular weight excluding hydrogens is 376 g/mol. The average molecular weight is 393 g/mol. The normalized spacial score (nSPS) is 11.0. The lowest BCUT2D eigenvalue weighted by atomic mass is 10.2. The Balaban J connectivity index is 1.72. The third kappa shape index (κ3) is 3.61. The lowest BCUT2D eigenvalue weighted by Crippen LogP contribution is -2.12. The number of carbonyl (C=O) groups excluding carboxylic acids is 1. The van der Waals surface area contributed by atoms with Crippen molar-refractivity contribution < 1.29 is 4.79 Å². The van der Waals surface area contributed by atoms with Gasteiger partial charge in [0.15, 0.2) is 0 Å². The second kappa shape index (κ2) is 7.23. The van der Waals surface area contributed by atoms with Gasteiger partial charge in [-0.15, -0.1) is 10.2 Å². The van der Waals surface area contributed by atoms with E-state index in [2.05, 4.69) is 43.4 Å². The second-order valence-corrected chi connectivity index (χ2v) is 7.13. The van der Waals surface area contributed by atoms with E-state index in [0.29, 0.717) is 10.8 Å².